The molecule has 1 N–H and O–H groups in total. The molecule has 1 aromatic rings. The SMILES string of the molecule is CCCCCCCCCC(O)Cc1ccn(C(C)C)n1. The van der Waals surface area contributed by atoms with Crippen molar-refractivity contribution in [2.75, 3.05) is 0 Å². The summed E-state index contributed by atoms with van der Waals surface area (Å²) in [7, 11) is 0. The summed E-state index contributed by atoms with van der Waals surface area (Å²) in [5.74, 6) is 0. The highest BCUT2D eigenvalue weighted by molar-refractivity contribution is 5.01. The van der Waals surface area contributed by atoms with Gasteiger partial charge in [-0.2, -0.15) is 5.10 Å². The van der Waals surface area contributed by atoms with Gasteiger partial charge in [-0.25, -0.2) is 0 Å². The number of rotatable bonds is 11. The summed E-state index contributed by atoms with van der Waals surface area (Å²) in [6, 6.07) is 2.41. The Bertz CT molecular complexity index is 347. The standard InChI is InChI=1S/C17H32N2O/c1-4-5-6-7-8-9-10-11-17(20)14-16-12-13-19(18-16)15(2)3/h12-13,15,17,20H,4-11,14H2,1-3H3. The Morgan fingerprint density at radius 3 is 2.35 bits per heavy atom. The first-order chi connectivity index (χ1) is 9.63. The first-order valence-corrected chi connectivity index (χ1v) is 8.35. The summed E-state index contributed by atoms with van der Waals surface area (Å²) in [5, 5.41) is 14.5. The summed E-state index contributed by atoms with van der Waals surface area (Å²) < 4.78 is 1.95. The average molecular weight is 280 g/mol. The summed E-state index contributed by atoms with van der Waals surface area (Å²) in [6.07, 6.45) is 12.4. The Balaban J connectivity index is 2.09. The van der Waals surface area contributed by atoms with Crippen molar-refractivity contribution in [2.45, 2.75) is 90.7 Å². The maximum Gasteiger partial charge on any atom is 0.0650 e. The highest BCUT2D eigenvalue weighted by Crippen LogP contribution is 2.12. The number of nitrogens with zero attached hydrogens (tertiary/aromatic N) is 2. The maximum atomic E-state index is 10.0. The molecule has 1 unspecified atom stereocenters. The fourth-order valence-electron chi connectivity index (χ4n) is 2.45. The van der Waals surface area contributed by atoms with E-state index in [0.717, 1.165) is 18.5 Å². The van der Waals surface area contributed by atoms with Gasteiger partial charge in [-0.3, -0.25) is 4.68 Å². The topological polar surface area (TPSA) is 38.0 Å². The zero-order valence-electron chi connectivity index (χ0n) is 13.5. The minimum atomic E-state index is -0.235. The van der Waals surface area contributed by atoms with E-state index < -0.39 is 0 Å². The number of unbranched alkanes of at least 4 members (excludes halogenated alkanes) is 6. The van der Waals surface area contributed by atoms with E-state index in [1.807, 2.05) is 16.9 Å². The molecule has 0 saturated carbocycles. The molecular formula is C17H32N2O. The van der Waals surface area contributed by atoms with Gasteiger partial charge in [0.05, 0.1) is 11.8 Å². The third-order valence-corrected chi connectivity index (χ3v) is 3.78. The van der Waals surface area contributed by atoms with Gasteiger partial charge in [0.1, 0.15) is 0 Å². The van der Waals surface area contributed by atoms with Gasteiger partial charge in [-0.05, 0) is 26.3 Å². The number of hydrogen-bond donors (Lipinski definition) is 1. The second-order valence-electron chi connectivity index (χ2n) is 6.15. The third-order valence-electron chi connectivity index (χ3n) is 3.78. The molecule has 0 aromatic carbocycles. The maximum absolute atomic E-state index is 10.0. The Morgan fingerprint density at radius 2 is 1.75 bits per heavy atom. The van der Waals surface area contributed by atoms with Crippen LogP contribution in [-0.2, 0) is 6.42 Å². The van der Waals surface area contributed by atoms with Crippen LogP contribution in [0.15, 0.2) is 12.3 Å². The van der Waals surface area contributed by atoms with E-state index in [4.69, 9.17) is 0 Å². The van der Waals surface area contributed by atoms with Crippen LogP contribution >= 0.6 is 0 Å². The molecule has 0 aliphatic rings. The number of aliphatic hydroxyl groups excluding tert-OH is 1. The molecule has 1 rings (SSSR count). The first kappa shape index (κ1) is 17.2. The van der Waals surface area contributed by atoms with Crippen molar-refractivity contribution in [1.29, 1.82) is 0 Å². The predicted octanol–water partition coefficient (Wildman–Crippen LogP) is 4.51. The average Bonchev–Trinajstić information content (AvgIpc) is 2.86. The van der Waals surface area contributed by atoms with Crippen molar-refractivity contribution in [3.63, 3.8) is 0 Å². The van der Waals surface area contributed by atoms with Gasteiger partial charge in [-0.1, -0.05) is 51.9 Å². The second kappa shape index (κ2) is 9.98. The monoisotopic (exact) mass is 280 g/mol. The third kappa shape index (κ3) is 7.09. The number of aromatic nitrogens is 2. The molecule has 0 radical (unpaired) electrons. The van der Waals surface area contributed by atoms with E-state index in [9.17, 15) is 5.11 Å². The largest absolute Gasteiger partial charge is 0.393 e. The molecule has 116 valence electrons. The zero-order chi connectivity index (χ0) is 14.8. The van der Waals surface area contributed by atoms with Crippen LogP contribution in [0, 0.1) is 0 Å². The fraction of sp³-hybridized carbons (Fsp3) is 0.824. The van der Waals surface area contributed by atoms with E-state index in [0.29, 0.717) is 12.5 Å². The van der Waals surface area contributed by atoms with Crippen LogP contribution in [0.3, 0.4) is 0 Å². The smallest absolute Gasteiger partial charge is 0.0650 e. The molecule has 1 atom stereocenters. The van der Waals surface area contributed by atoms with Crippen molar-refractivity contribution in [1.82, 2.24) is 9.78 Å². The molecular weight excluding hydrogens is 248 g/mol. The Kier molecular flexibility index (Phi) is 8.59. The van der Waals surface area contributed by atoms with Crippen LogP contribution in [-0.4, -0.2) is 21.0 Å². The lowest BCUT2D eigenvalue weighted by atomic mass is 10.0. The predicted molar refractivity (Wildman–Crippen MR) is 84.9 cm³/mol. The van der Waals surface area contributed by atoms with Gasteiger partial charge in [-0.15, -0.1) is 0 Å². The van der Waals surface area contributed by atoms with Gasteiger partial charge in [0.2, 0.25) is 0 Å². The lowest BCUT2D eigenvalue weighted by Crippen LogP contribution is -2.11. The summed E-state index contributed by atoms with van der Waals surface area (Å²) in [6.45, 7) is 6.48. The molecule has 1 heterocycles. The summed E-state index contributed by atoms with van der Waals surface area (Å²) in [5.41, 5.74) is 1.01. The molecule has 3 nitrogen and oxygen atoms in total. The molecule has 0 amide bonds. The molecule has 0 aliphatic carbocycles. The van der Waals surface area contributed by atoms with Crippen LogP contribution < -0.4 is 0 Å². The highest BCUT2D eigenvalue weighted by Gasteiger charge is 2.08. The molecule has 0 saturated heterocycles. The second-order valence-corrected chi connectivity index (χ2v) is 6.15. The van der Waals surface area contributed by atoms with Gasteiger partial charge in [0.25, 0.3) is 0 Å². The van der Waals surface area contributed by atoms with Crippen LogP contribution in [0.2, 0.25) is 0 Å². The molecule has 0 spiro atoms. The minimum Gasteiger partial charge on any atom is -0.393 e. The molecule has 0 aliphatic heterocycles. The van der Waals surface area contributed by atoms with Crippen molar-refractivity contribution in [3.05, 3.63) is 18.0 Å². The van der Waals surface area contributed by atoms with Crippen molar-refractivity contribution in [3.8, 4) is 0 Å². The minimum absolute atomic E-state index is 0.235. The molecule has 1 aromatic heterocycles. The van der Waals surface area contributed by atoms with E-state index in [1.54, 1.807) is 0 Å². The zero-order valence-corrected chi connectivity index (χ0v) is 13.5. The first-order valence-electron chi connectivity index (χ1n) is 8.35. The molecule has 3 heteroatoms. The lowest BCUT2D eigenvalue weighted by molar-refractivity contribution is 0.159. The molecule has 0 fully saturated rings. The van der Waals surface area contributed by atoms with Gasteiger partial charge < -0.3 is 5.11 Å². The Morgan fingerprint density at radius 1 is 1.10 bits per heavy atom. The summed E-state index contributed by atoms with van der Waals surface area (Å²) >= 11 is 0. The van der Waals surface area contributed by atoms with Crippen molar-refractivity contribution in [2.24, 2.45) is 0 Å². The van der Waals surface area contributed by atoms with E-state index in [2.05, 4.69) is 25.9 Å². The fourth-order valence-corrected chi connectivity index (χ4v) is 2.45. The van der Waals surface area contributed by atoms with Gasteiger partial charge >= 0.3 is 0 Å². The van der Waals surface area contributed by atoms with Crippen LogP contribution in [0.5, 0.6) is 0 Å². The van der Waals surface area contributed by atoms with Crippen LogP contribution in [0.1, 0.15) is 83.9 Å². The van der Waals surface area contributed by atoms with E-state index >= 15 is 0 Å². The van der Waals surface area contributed by atoms with E-state index in [1.165, 1.54) is 38.5 Å². The summed E-state index contributed by atoms with van der Waals surface area (Å²) in [4.78, 5) is 0. The van der Waals surface area contributed by atoms with Gasteiger partial charge in [0.15, 0.2) is 0 Å². The Hall–Kier alpha value is -0.830. The van der Waals surface area contributed by atoms with E-state index in [-0.39, 0.29) is 6.10 Å². The molecule has 20 heavy (non-hydrogen) atoms. The van der Waals surface area contributed by atoms with Crippen molar-refractivity contribution >= 4 is 0 Å². The van der Waals surface area contributed by atoms with Gasteiger partial charge in [0, 0.05) is 18.7 Å². The van der Waals surface area contributed by atoms with Crippen LogP contribution in [0.25, 0.3) is 0 Å². The number of aliphatic hydroxyl groups is 1. The highest BCUT2D eigenvalue weighted by atomic mass is 16.3. The Labute approximate surface area is 124 Å². The number of hydrogen-bond acceptors (Lipinski definition) is 2. The van der Waals surface area contributed by atoms with Crippen LogP contribution in [0.4, 0.5) is 0 Å². The quantitative estimate of drug-likeness (QED) is 0.606. The molecule has 0 bridgehead atoms. The lowest BCUT2D eigenvalue weighted by Gasteiger charge is -2.09. The normalized spacial score (nSPS) is 13.1. The van der Waals surface area contributed by atoms with Crippen molar-refractivity contribution < 1.29 is 5.11 Å².